The number of aliphatic hydroxyl groups excluding tert-OH is 1. The van der Waals surface area contributed by atoms with Crippen molar-refractivity contribution in [3.63, 3.8) is 0 Å². The standard InChI is InChI=1S/C26H39N3O5/c1-17-13-29(18(2)16-30)26(32)21-5-4-6-22(27-25(31)20-9-11-33-12-10-20)24(21)34-23(17)15-28(3)14-19-7-8-19/h4-6,17-20,23,30H,7-16H2,1-3H3,(H,27,31)/t17-,18+,23-/m1/s1. The molecular weight excluding hydrogens is 434 g/mol. The second-order valence-corrected chi connectivity index (χ2v) is 10.3. The van der Waals surface area contributed by atoms with Gasteiger partial charge in [-0.1, -0.05) is 13.0 Å². The number of likely N-dealkylation sites (N-methyl/N-ethyl adjacent to an activating group) is 1. The Balaban J connectivity index is 1.64. The SMILES string of the molecule is C[C@@H]1CN([C@@H](C)CO)C(=O)c2cccc(NC(=O)C3CCOCC3)c2O[C@@H]1CN(C)CC1CC1. The number of nitrogens with one attached hydrogen (secondary N) is 1. The number of rotatable bonds is 8. The lowest BCUT2D eigenvalue weighted by molar-refractivity contribution is -0.122. The summed E-state index contributed by atoms with van der Waals surface area (Å²) in [6.45, 7) is 7.28. The molecular formula is C26H39N3O5. The van der Waals surface area contributed by atoms with Crippen molar-refractivity contribution >= 4 is 17.5 Å². The number of hydrogen-bond acceptors (Lipinski definition) is 6. The molecule has 2 N–H and O–H groups in total. The van der Waals surface area contributed by atoms with Gasteiger partial charge in [0.15, 0.2) is 5.75 Å². The molecule has 8 nitrogen and oxygen atoms in total. The third kappa shape index (κ3) is 5.90. The lowest BCUT2D eigenvalue weighted by Gasteiger charge is -2.38. The Morgan fingerprint density at radius 2 is 1.97 bits per heavy atom. The molecule has 2 amide bonds. The van der Waals surface area contributed by atoms with Crippen LogP contribution in [0.25, 0.3) is 0 Å². The number of benzene rings is 1. The molecule has 34 heavy (non-hydrogen) atoms. The molecule has 0 bridgehead atoms. The van der Waals surface area contributed by atoms with Crippen molar-refractivity contribution in [2.75, 3.05) is 51.8 Å². The van der Waals surface area contributed by atoms with E-state index in [1.54, 1.807) is 23.1 Å². The molecule has 8 heteroatoms. The lowest BCUT2D eigenvalue weighted by Crippen LogP contribution is -2.50. The van der Waals surface area contributed by atoms with Gasteiger partial charge in [0.05, 0.1) is 23.9 Å². The molecule has 1 aromatic carbocycles. The van der Waals surface area contributed by atoms with Crippen molar-refractivity contribution in [3.05, 3.63) is 23.8 Å². The second-order valence-electron chi connectivity index (χ2n) is 10.3. The Bertz CT molecular complexity index is 868. The van der Waals surface area contributed by atoms with Crippen molar-refractivity contribution in [1.82, 2.24) is 9.80 Å². The van der Waals surface area contributed by atoms with E-state index in [0.717, 1.165) is 19.0 Å². The first-order chi connectivity index (χ1) is 16.4. The monoisotopic (exact) mass is 473 g/mol. The normalized spacial score (nSPS) is 24.7. The number of anilines is 1. The maximum Gasteiger partial charge on any atom is 0.258 e. The van der Waals surface area contributed by atoms with Gasteiger partial charge in [-0.2, -0.15) is 0 Å². The van der Waals surface area contributed by atoms with E-state index in [1.807, 2.05) is 6.92 Å². The van der Waals surface area contributed by atoms with Crippen LogP contribution >= 0.6 is 0 Å². The van der Waals surface area contributed by atoms with Crippen molar-refractivity contribution in [2.24, 2.45) is 17.8 Å². The number of para-hydroxylation sites is 1. The number of fused-ring (bicyclic) bond motifs is 1. The third-order valence-corrected chi connectivity index (χ3v) is 7.30. The van der Waals surface area contributed by atoms with Gasteiger partial charge < -0.3 is 29.7 Å². The fourth-order valence-electron chi connectivity index (χ4n) is 4.88. The van der Waals surface area contributed by atoms with E-state index >= 15 is 0 Å². The summed E-state index contributed by atoms with van der Waals surface area (Å²) >= 11 is 0. The minimum Gasteiger partial charge on any atom is -0.486 e. The third-order valence-electron chi connectivity index (χ3n) is 7.30. The smallest absolute Gasteiger partial charge is 0.258 e. The van der Waals surface area contributed by atoms with E-state index in [4.69, 9.17) is 9.47 Å². The van der Waals surface area contributed by atoms with E-state index in [-0.39, 0.29) is 42.4 Å². The van der Waals surface area contributed by atoms with Crippen LogP contribution in [0.3, 0.4) is 0 Å². The summed E-state index contributed by atoms with van der Waals surface area (Å²) in [6, 6.07) is 5.02. The number of ether oxygens (including phenoxy) is 2. The van der Waals surface area contributed by atoms with Gasteiger partial charge in [-0.3, -0.25) is 9.59 Å². The molecule has 0 aromatic heterocycles. The highest BCUT2D eigenvalue weighted by molar-refractivity contribution is 6.02. The zero-order chi connectivity index (χ0) is 24.2. The molecule has 2 fully saturated rings. The zero-order valence-electron chi connectivity index (χ0n) is 20.7. The summed E-state index contributed by atoms with van der Waals surface area (Å²) in [5, 5.41) is 12.9. The first kappa shape index (κ1) is 24.9. The molecule has 4 rings (SSSR count). The number of nitrogens with zero attached hydrogens (tertiary/aromatic N) is 2. The Hall–Kier alpha value is -2.16. The average molecular weight is 474 g/mol. The number of hydrogen-bond donors (Lipinski definition) is 2. The molecule has 0 spiro atoms. The largest absolute Gasteiger partial charge is 0.486 e. The summed E-state index contributed by atoms with van der Waals surface area (Å²) in [4.78, 5) is 30.6. The van der Waals surface area contributed by atoms with Crippen LogP contribution in [0, 0.1) is 17.8 Å². The molecule has 1 aliphatic carbocycles. The molecule has 3 atom stereocenters. The lowest BCUT2D eigenvalue weighted by atomic mass is 9.98. The van der Waals surface area contributed by atoms with Crippen LogP contribution in [-0.2, 0) is 9.53 Å². The first-order valence-electron chi connectivity index (χ1n) is 12.7. The van der Waals surface area contributed by atoms with Crippen LogP contribution in [0.15, 0.2) is 18.2 Å². The highest BCUT2D eigenvalue weighted by Crippen LogP contribution is 2.36. The minimum atomic E-state index is -0.314. The second kappa shape index (κ2) is 11.1. The average Bonchev–Trinajstić information content (AvgIpc) is 3.65. The maximum absolute atomic E-state index is 13.6. The van der Waals surface area contributed by atoms with Crippen molar-refractivity contribution < 1.29 is 24.2 Å². The predicted molar refractivity (Wildman–Crippen MR) is 130 cm³/mol. The molecule has 1 aromatic rings. The Morgan fingerprint density at radius 3 is 2.65 bits per heavy atom. The first-order valence-corrected chi connectivity index (χ1v) is 12.7. The van der Waals surface area contributed by atoms with E-state index in [2.05, 4.69) is 24.2 Å². The van der Waals surface area contributed by atoms with Crippen LogP contribution in [0.1, 0.15) is 49.9 Å². The quantitative estimate of drug-likeness (QED) is 0.603. The van der Waals surface area contributed by atoms with Crippen LogP contribution in [0.4, 0.5) is 5.69 Å². The van der Waals surface area contributed by atoms with Gasteiger partial charge in [0, 0.05) is 44.7 Å². The van der Waals surface area contributed by atoms with E-state index < -0.39 is 0 Å². The molecule has 3 aliphatic rings. The summed E-state index contributed by atoms with van der Waals surface area (Å²) in [7, 11) is 2.12. The van der Waals surface area contributed by atoms with Gasteiger partial charge in [-0.15, -0.1) is 0 Å². The van der Waals surface area contributed by atoms with Gasteiger partial charge in [0.2, 0.25) is 5.91 Å². The van der Waals surface area contributed by atoms with Crippen molar-refractivity contribution in [3.8, 4) is 5.75 Å². The number of carbonyl (C=O) groups is 2. The van der Waals surface area contributed by atoms with Crippen LogP contribution in [0.5, 0.6) is 5.75 Å². The molecule has 0 radical (unpaired) electrons. The van der Waals surface area contributed by atoms with Crippen LogP contribution in [-0.4, -0.2) is 85.4 Å². The summed E-state index contributed by atoms with van der Waals surface area (Å²) < 4.78 is 12.0. The predicted octanol–water partition coefficient (Wildman–Crippen LogP) is 2.61. The number of aliphatic hydroxyl groups is 1. The van der Waals surface area contributed by atoms with Crippen molar-refractivity contribution in [1.29, 1.82) is 0 Å². The van der Waals surface area contributed by atoms with Crippen LogP contribution < -0.4 is 10.1 Å². The molecule has 1 saturated heterocycles. The zero-order valence-corrected chi connectivity index (χ0v) is 20.7. The van der Waals surface area contributed by atoms with E-state index in [9.17, 15) is 14.7 Å². The fraction of sp³-hybridized carbons (Fsp3) is 0.692. The number of carbonyl (C=O) groups excluding carboxylic acids is 2. The van der Waals surface area contributed by atoms with E-state index in [1.165, 1.54) is 12.8 Å². The van der Waals surface area contributed by atoms with Crippen LogP contribution in [0.2, 0.25) is 0 Å². The van der Waals surface area contributed by atoms with Gasteiger partial charge in [0.25, 0.3) is 5.91 Å². The molecule has 1 saturated carbocycles. The number of amides is 2. The summed E-state index contributed by atoms with van der Waals surface area (Å²) in [5.41, 5.74) is 0.953. The summed E-state index contributed by atoms with van der Waals surface area (Å²) in [5.74, 6) is 0.884. The van der Waals surface area contributed by atoms with Gasteiger partial charge >= 0.3 is 0 Å². The minimum absolute atomic E-state index is 0.0482. The molecule has 188 valence electrons. The van der Waals surface area contributed by atoms with Crippen molar-refractivity contribution in [2.45, 2.75) is 51.7 Å². The molecule has 0 unspecified atom stereocenters. The summed E-state index contributed by atoms with van der Waals surface area (Å²) in [6.07, 6.45) is 3.78. The van der Waals surface area contributed by atoms with Gasteiger partial charge in [-0.05, 0) is 57.7 Å². The Labute approximate surface area is 202 Å². The Morgan fingerprint density at radius 1 is 1.24 bits per heavy atom. The van der Waals surface area contributed by atoms with Gasteiger partial charge in [-0.25, -0.2) is 0 Å². The molecule has 2 heterocycles. The maximum atomic E-state index is 13.6. The fourth-order valence-corrected chi connectivity index (χ4v) is 4.88. The van der Waals surface area contributed by atoms with Gasteiger partial charge in [0.1, 0.15) is 6.10 Å². The topological polar surface area (TPSA) is 91.3 Å². The van der Waals surface area contributed by atoms with E-state index in [0.29, 0.717) is 49.6 Å². The highest BCUT2D eigenvalue weighted by Gasteiger charge is 2.35. The highest BCUT2D eigenvalue weighted by atomic mass is 16.5. The molecule has 2 aliphatic heterocycles. The Kier molecular flexibility index (Phi) is 8.11.